The molecule has 2 nitrogen and oxygen atoms in total. The van der Waals surface area contributed by atoms with E-state index in [2.05, 4.69) is 26.1 Å². The smallest absolute Gasteiger partial charge is 0.0746 e. The van der Waals surface area contributed by atoms with Crippen LogP contribution < -0.4 is 5.32 Å². The van der Waals surface area contributed by atoms with Crippen LogP contribution in [-0.2, 0) is 4.74 Å². The summed E-state index contributed by atoms with van der Waals surface area (Å²) in [5, 5.41) is 3.57. The van der Waals surface area contributed by atoms with Gasteiger partial charge in [-0.3, -0.25) is 0 Å². The molecule has 1 N–H and O–H groups in total. The number of hydrogen-bond acceptors (Lipinski definition) is 2. The fourth-order valence-electron chi connectivity index (χ4n) is 2.61. The minimum Gasteiger partial charge on any atom is -0.377 e. The van der Waals surface area contributed by atoms with Crippen molar-refractivity contribution in [2.45, 2.75) is 58.5 Å². The van der Waals surface area contributed by atoms with Crippen molar-refractivity contribution in [3.05, 3.63) is 0 Å². The van der Waals surface area contributed by atoms with Crippen LogP contribution in [0, 0.1) is 11.8 Å². The molecular weight excluding hydrogens is 198 g/mol. The Kier molecular flexibility index (Phi) is 5.77. The highest BCUT2D eigenvalue weighted by molar-refractivity contribution is 4.76. The molecule has 0 aromatic carbocycles. The van der Waals surface area contributed by atoms with Gasteiger partial charge in [-0.05, 0) is 45.1 Å². The summed E-state index contributed by atoms with van der Waals surface area (Å²) in [5.74, 6) is 1.88. The van der Waals surface area contributed by atoms with Crippen LogP contribution in [0.5, 0.6) is 0 Å². The van der Waals surface area contributed by atoms with Gasteiger partial charge in [0.1, 0.15) is 0 Å². The van der Waals surface area contributed by atoms with Gasteiger partial charge in [0.25, 0.3) is 0 Å². The van der Waals surface area contributed by atoms with Gasteiger partial charge in [0.05, 0.1) is 5.60 Å². The van der Waals surface area contributed by atoms with Crippen molar-refractivity contribution in [3.8, 4) is 0 Å². The molecule has 2 heteroatoms. The number of nitrogens with one attached hydrogen (secondary N) is 1. The maximum atomic E-state index is 5.41. The van der Waals surface area contributed by atoms with E-state index < -0.39 is 0 Å². The van der Waals surface area contributed by atoms with Crippen LogP contribution in [0.3, 0.4) is 0 Å². The largest absolute Gasteiger partial charge is 0.377 e. The zero-order valence-electron chi connectivity index (χ0n) is 11.5. The summed E-state index contributed by atoms with van der Waals surface area (Å²) in [5.41, 5.74) is -0.0289. The lowest BCUT2D eigenvalue weighted by Gasteiger charge is -2.30. The number of methoxy groups -OCH3 is 1. The maximum Gasteiger partial charge on any atom is 0.0746 e. The van der Waals surface area contributed by atoms with Crippen LogP contribution >= 0.6 is 0 Å². The minimum absolute atomic E-state index is 0.0289. The molecule has 96 valence electrons. The highest BCUT2D eigenvalue weighted by Crippen LogP contribution is 2.30. The van der Waals surface area contributed by atoms with E-state index in [0.29, 0.717) is 0 Å². The molecule has 0 aromatic heterocycles. The van der Waals surface area contributed by atoms with Crippen molar-refractivity contribution in [2.24, 2.45) is 11.8 Å². The summed E-state index contributed by atoms with van der Waals surface area (Å²) >= 11 is 0. The topological polar surface area (TPSA) is 21.3 Å². The quantitative estimate of drug-likeness (QED) is 0.752. The summed E-state index contributed by atoms with van der Waals surface area (Å²) in [4.78, 5) is 0. The van der Waals surface area contributed by atoms with E-state index in [-0.39, 0.29) is 5.60 Å². The summed E-state index contributed by atoms with van der Waals surface area (Å²) in [7, 11) is 1.79. The van der Waals surface area contributed by atoms with E-state index in [1.807, 2.05) is 0 Å². The molecule has 0 heterocycles. The molecule has 0 spiro atoms. The Morgan fingerprint density at radius 2 is 1.94 bits per heavy atom. The number of rotatable bonds is 6. The molecule has 2 unspecified atom stereocenters. The Morgan fingerprint density at radius 1 is 1.25 bits per heavy atom. The monoisotopic (exact) mass is 227 g/mol. The first-order valence-corrected chi connectivity index (χ1v) is 6.83. The predicted octanol–water partition coefficient (Wildman–Crippen LogP) is 3.22. The Bertz CT molecular complexity index is 191. The molecule has 0 bridgehead atoms. The lowest BCUT2D eigenvalue weighted by Crippen LogP contribution is -2.39. The fourth-order valence-corrected chi connectivity index (χ4v) is 2.61. The lowest BCUT2D eigenvalue weighted by molar-refractivity contribution is 0.0221. The van der Waals surface area contributed by atoms with Crippen LogP contribution in [0.2, 0.25) is 0 Å². The summed E-state index contributed by atoms with van der Waals surface area (Å²) < 4.78 is 5.41. The summed E-state index contributed by atoms with van der Waals surface area (Å²) in [6.45, 7) is 8.72. The average molecular weight is 227 g/mol. The van der Waals surface area contributed by atoms with Crippen LogP contribution in [0.15, 0.2) is 0 Å². The first-order chi connectivity index (χ1) is 7.57. The third kappa shape index (κ3) is 4.84. The second-order valence-corrected chi connectivity index (χ2v) is 5.90. The molecule has 0 aliphatic heterocycles. The Labute approximate surface area is 101 Å². The fraction of sp³-hybridized carbons (Fsp3) is 1.00. The van der Waals surface area contributed by atoms with Crippen molar-refractivity contribution < 1.29 is 4.74 Å². The highest BCUT2D eigenvalue weighted by atomic mass is 16.5. The molecule has 1 fully saturated rings. The van der Waals surface area contributed by atoms with Crippen LogP contribution in [0.1, 0.15) is 52.9 Å². The lowest BCUT2D eigenvalue weighted by atomic mass is 9.80. The van der Waals surface area contributed by atoms with Crippen molar-refractivity contribution in [1.82, 2.24) is 5.32 Å². The van der Waals surface area contributed by atoms with E-state index in [1.165, 1.54) is 38.6 Å². The molecular formula is C14H29NO. The van der Waals surface area contributed by atoms with Gasteiger partial charge in [-0.25, -0.2) is 0 Å². The van der Waals surface area contributed by atoms with E-state index in [4.69, 9.17) is 4.74 Å². The second kappa shape index (κ2) is 6.61. The summed E-state index contributed by atoms with van der Waals surface area (Å²) in [6, 6.07) is 0. The third-order valence-corrected chi connectivity index (χ3v) is 4.01. The second-order valence-electron chi connectivity index (χ2n) is 5.90. The van der Waals surface area contributed by atoms with E-state index in [1.54, 1.807) is 7.11 Å². The Morgan fingerprint density at radius 3 is 2.56 bits per heavy atom. The van der Waals surface area contributed by atoms with Gasteiger partial charge in [0.2, 0.25) is 0 Å². The average Bonchev–Trinajstić information content (AvgIpc) is 2.29. The van der Waals surface area contributed by atoms with Crippen molar-refractivity contribution in [2.75, 3.05) is 20.2 Å². The van der Waals surface area contributed by atoms with Gasteiger partial charge < -0.3 is 10.1 Å². The van der Waals surface area contributed by atoms with Crippen molar-refractivity contribution >= 4 is 0 Å². The van der Waals surface area contributed by atoms with Crippen LogP contribution in [-0.4, -0.2) is 25.8 Å². The van der Waals surface area contributed by atoms with Crippen LogP contribution in [0.4, 0.5) is 0 Å². The highest BCUT2D eigenvalue weighted by Gasteiger charge is 2.21. The van der Waals surface area contributed by atoms with Gasteiger partial charge in [-0.1, -0.05) is 26.2 Å². The number of hydrogen-bond donors (Lipinski definition) is 1. The first-order valence-electron chi connectivity index (χ1n) is 6.83. The molecule has 0 radical (unpaired) electrons. The third-order valence-electron chi connectivity index (χ3n) is 4.01. The molecule has 1 aliphatic carbocycles. The van der Waals surface area contributed by atoms with Crippen molar-refractivity contribution in [1.29, 1.82) is 0 Å². The molecule has 1 aliphatic rings. The molecule has 1 rings (SSSR count). The van der Waals surface area contributed by atoms with Gasteiger partial charge in [0.15, 0.2) is 0 Å². The maximum absolute atomic E-state index is 5.41. The van der Waals surface area contributed by atoms with Crippen molar-refractivity contribution in [3.63, 3.8) is 0 Å². The Hall–Kier alpha value is -0.0800. The van der Waals surface area contributed by atoms with E-state index >= 15 is 0 Å². The molecule has 1 saturated carbocycles. The zero-order valence-corrected chi connectivity index (χ0v) is 11.5. The van der Waals surface area contributed by atoms with Gasteiger partial charge in [0, 0.05) is 13.7 Å². The predicted molar refractivity (Wildman–Crippen MR) is 69.7 cm³/mol. The molecule has 0 saturated heterocycles. The van der Waals surface area contributed by atoms with Crippen LogP contribution in [0.25, 0.3) is 0 Å². The van der Waals surface area contributed by atoms with E-state index in [0.717, 1.165) is 18.4 Å². The minimum atomic E-state index is -0.0289. The molecule has 0 aromatic rings. The number of ether oxygens (including phenoxy) is 1. The van der Waals surface area contributed by atoms with Gasteiger partial charge in [-0.2, -0.15) is 0 Å². The molecule has 0 amide bonds. The molecule has 16 heavy (non-hydrogen) atoms. The van der Waals surface area contributed by atoms with Gasteiger partial charge >= 0.3 is 0 Å². The zero-order chi connectivity index (χ0) is 12.0. The van der Waals surface area contributed by atoms with Gasteiger partial charge in [-0.15, -0.1) is 0 Å². The normalized spacial score (nSPS) is 27.0. The Balaban J connectivity index is 2.17. The standard InChI is InChI=1S/C14H29NO/c1-5-12-7-6-8-13(9-12)10-15-11-14(2,3)16-4/h12-13,15H,5-11H2,1-4H3. The molecule has 2 atom stereocenters. The van der Waals surface area contributed by atoms with E-state index in [9.17, 15) is 0 Å². The summed E-state index contributed by atoms with van der Waals surface area (Å²) in [6.07, 6.45) is 7.09. The SMILES string of the molecule is CCC1CCCC(CNCC(C)(C)OC)C1. The first kappa shape index (κ1) is 14.0.